The van der Waals surface area contributed by atoms with Gasteiger partial charge in [0, 0.05) is 24.2 Å². The molecule has 0 saturated carbocycles. The second-order valence-corrected chi connectivity index (χ2v) is 3.68. The van der Waals surface area contributed by atoms with Crippen molar-refractivity contribution >= 4 is 11.6 Å². The molecule has 0 aliphatic carbocycles. The number of aromatic nitrogens is 3. The lowest BCUT2D eigenvalue weighted by Gasteiger charge is -2.08. The molecule has 0 N–H and O–H groups in total. The van der Waals surface area contributed by atoms with Crippen molar-refractivity contribution in [1.82, 2.24) is 14.5 Å². The Balaban J connectivity index is 2.38. The SMILES string of the molecule is COc1ncccc1Cn1ccnc(Cl)c1=O. The molecule has 0 atom stereocenters. The first kappa shape index (κ1) is 11.6. The van der Waals surface area contributed by atoms with Crippen molar-refractivity contribution in [2.24, 2.45) is 0 Å². The minimum absolute atomic E-state index is 0.0460. The number of ether oxygens (including phenoxy) is 1. The summed E-state index contributed by atoms with van der Waals surface area (Å²) in [5.74, 6) is 0.493. The zero-order chi connectivity index (χ0) is 12.3. The Hall–Kier alpha value is -1.88. The van der Waals surface area contributed by atoms with E-state index in [0.29, 0.717) is 12.4 Å². The molecule has 2 aromatic heterocycles. The van der Waals surface area contributed by atoms with E-state index in [2.05, 4.69) is 9.97 Å². The molecule has 17 heavy (non-hydrogen) atoms. The molecule has 2 aromatic rings. The van der Waals surface area contributed by atoms with Crippen LogP contribution in [0, 0.1) is 0 Å². The molecule has 0 saturated heterocycles. The average molecular weight is 252 g/mol. The lowest BCUT2D eigenvalue weighted by Crippen LogP contribution is -2.21. The highest BCUT2D eigenvalue weighted by atomic mass is 35.5. The van der Waals surface area contributed by atoms with Crippen LogP contribution in [0.5, 0.6) is 5.88 Å². The minimum atomic E-state index is -0.333. The van der Waals surface area contributed by atoms with Crippen LogP contribution in [0.4, 0.5) is 0 Å². The fourth-order valence-corrected chi connectivity index (χ4v) is 1.62. The van der Waals surface area contributed by atoms with E-state index in [1.165, 1.54) is 17.9 Å². The first-order valence-corrected chi connectivity index (χ1v) is 5.29. The first-order valence-electron chi connectivity index (χ1n) is 4.91. The molecule has 0 aliphatic rings. The number of methoxy groups -OCH3 is 1. The highest BCUT2D eigenvalue weighted by Gasteiger charge is 2.07. The first-order chi connectivity index (χ1) is 8.22. The van der Waals surface area contributed by atoms with Crippen LogP contribution in [0.15, 0.2) is 35.5 Å². The van der Waals surface area contributed by atoms with Gasteiger partial charge in [-0.15, -0.1) is 0 Å². The average Bonchev–Trinajstić information content (AvgIpc) is 2.35. The lowest BCUT2D eigenvalue weighted by atomic mass is 10.2. The summed E-state index contributed by atoms with van der Waals surface area (Å²) in [6.45, 7) is 0.345. The number of hydrogen-bond acceptors (Lipinski definition) is 4. The standard InChI is InChI=1S/C11H10ClN3O2/c1-17-10-8(3-2-4-14-10)7-15-6-5-13-9(12)11(15)16/h2-6H,7H2,1H3. The van der Waals surface area contributed by atoms with Crippen LogP contribution < -0.4 is 10.3 Å². The second kappa shape index (κ2) is 4.97. The Morgan fingerprint density at radius 3 is 3.00 bits per heavy atom. The van der Waals surface area contributed by atoms with Crippen molar-refractivity contribution in [3.8, 4) is 5.88 Å². The van der Waals surface area contributed by atoms with Gasteiger partial charge in [0.2, 0.25) is 5.88 Å². The molecule has 2 heterocycles. The molecule has 0 fully saturated rings. The summed E-state index contributed by atoms with van der Waals surface area (Å²) >= 11 is 5.66. The van der Waals surface area contributed by atoms with Crippen molar-refractivity contribution in [1.29, 1.82) is 0 Å². The van der Waals surface area contributed by atoms with Crippen LogP contribution in [0.3, 0.4) is 0 Å². The third kappa shape index (κ3) is 2.45. The van der Waals surface area contributed by atoms with Crippen LogP contribution in [0.25, 0.3) is 0 Å². The van der Waals surface area contributed by atoms with Crippen molar-refractivity contribution in [3.05, 3.63) is 51.8 Å². The summed E-state index contributed by atoms with van der Waals surface area (Å²) in [6.07, 6.45) is 4.68. The van der Waals surface area contributed by atoms with Gasteiger partial charge in [0.05, 0.1) is 13.7 Å². The Bertz CT molecular complexity index is 583. The second-order valence-electron chi connectivity index (χ2n) is 3.32. The zero-order valence-electron chi connectivity index (χ0n) is 9.13. The normalized spacial score (nSPS) is 10.2. The van der Waals surface area contributed by atoms with E-state index in [9.17, 15) is 4.79 Å². The van der Waals surface area contributed by atoms with Crippen LogP contribution in [0.2, 0.25) is 5.15 Å². The maximum absolute atomic E-state index is 11.7. The van der Waals surface area contributed by atoms with Crippen LogP contribution in [-0.2, 0) is 6.54 Å². The van der Waals surface area contributed by atoms with Gasteiger partial charge in [-0.2, -0.15) is 0 Å². The highest BCUT2D eigenvalue weighted by molar-refractivity contribution is 6.29. The molecule has 6 heteroatoms. The topological polar surface area (TPSA) is 57.0 Å². The van der Waals surface area contributed by atoms with Gasteiger partial charge in [0.15, 0.2) is 5.15 Å². The highest BCUT2D eigenvalue weighted by Crippen LogP contribution is 2.14. The Morgan fingerprint density at radius 1 is 1.41 bits per heavy atom. The van der Waals surface area contributed by atoms with Crippen molar-refractivity contribution in [2.75, 3.05) is 7.11 Å². The predicted molar refractivity (Wildman–Crippen MR) is 63.4 cm³/mol. The largest absolute Gasteiger partial charge is 0.481 e. The van der Waals surface area contributed by atoms with Gasteiger partial charge in [-0.25, -0.2) is 9.97 Å². The fourth-order valence-electron chi connectivity index (χ4n) is 1.46. The van der Waals surface area contributed by atoms with Gasteiger partial charge in [-0.05, 0) is 6.07 Å². The molecular weight excluding hydrogens is 242 g/mol. The molecular formula is C11H10ClN3O2. The van der Waals surface area contributed by atoms with E-state index >= 15 is 0 Å². The molecule has 88 valence electrons. The Kier molecular flexibility index (Phi) is 3.39. The lowest BCUT2D eigenvalue weighted by molar-refractivity contribution is 0.391. The third-order valence-corrected chi connectivity index (χ3v) is 2.52. The maximum atomic E-state index is 11.7. The minimum Gasteiger partial charge on any atom is -0.481 e. The van der Waals surface area contributed by atoms with E-state index in [-0.39, 0.29) is 10.7 Å². The van der Waals surface area contributed by atoms with Crippen molar-refractivity contribution < 1.29 is 4.74 Å². The van der Waals surface area contributed by atoms with E-state index in [0.717, 1.165) is 5.56 Å². The molecule has 0 amide bonds. The summed E-state index contributed by atoms with van der Waals surface area (Å²) in [6, 6.07) is 3.62. The summed E-state index contributed by atoms with van der Waals surface area (Å²) in [4.78, 5) is 19.4. The number of hydrogen-bond donors (Lipinski definition) is 0. The Morgan fingerprint density at radius 2 is 2.24 bits per heavy atom. The van der Waals surface area contributed by atoms with E-state index < -0.39 is 0 Å². The van der Waals surface area contributed by atoms with Crippen LogP contribution in [-0.4, -0.2) is 21.6 Å². The summed E-state index contributed by atoms with van der Waals surface area (Å²) in [7, 11) is 1.54. The van der Waals surface area contributed by atoms with E-state index in [1.54, 1.807) is 18.5 Å². The molecule has 0 unspecified atom stereocenters. The zero-order valence-corrected chi connectivity index (χ0v) is 9.89. The molecule has 0 spiro atoms. The molecule has 5 nitrogen and oxygen atoms in total. The fraction of sp³-hybridized carbons (Fsp3) is 0.182. The molecule has 0 radical (unpaired) electrons. The van der Waals surface area contributed by atoms with Gasteiger partial charge in [0.1, 0.15) is 0 Å². The molecule has 2 rings (SSSR count). The van der Waals surface area contributed by atoms with Gasteiger partial charge in [0.25, 0.3) is 5.56 Å². The predicted octanol–water partition coefficient (Wildman–Crippen LogP) is 1.35. The third-order valence-electron chi connectivity index (χ3n) is 2.26. The van der Waals surface area contributed by atoms with Crippen molar-refractivity contribution in [2.45, 2.75) is 6.54 Å². The summed E-state index contributed by atoms with van der Waals surface area (Å²) < 4.78 is 6.57. The van der Waals surface area contributed by atoms with Gasteiger partial charge in [-0.3, -0.25) is 4.79 Å². The van der Waals surface area contributed by atoms with Gasteiger partial charge in [-0.1, -0.05) is 17.7 Å². The summed E-state index contributed by atoms with van der Waals surface area (Å²) in [5, 5.41) is -0.0460. The number of pyridine rings is 1. The quantitative estimate of drug-likeness (QED) is 0.826. The summed E-state index contributed by atoms with van der Waals surface area (Å²) in [5.41, 5.74) is 0.472. The molecule has 0 aromatic carbocycles. The number of nitrogens with zero attached hydrogens (tertiary/aromatic N) is 3. The number of halogens is 1. The Labute approximate surface area is 103 Å². The molecule has 0 aliphatic heterocycles. The maximum Gasteiger partial charge on any atom is 0.288 e. The smallest absolute Gasteiger partial charge is 0.288 e. The van der Waals surface area contributed by atoms with Crippen LogP contribution >= 0.6 is 11.6 Å². The van der Waals surface area contributed by atoms with Crippen molar-refractivity contribution in [3.63, 3.8) is 0 Å². The van der Waals surface area contributed by atoms with Gasteiger partial charge >= 0.3 is 0 Å². The van der Waals surface area contributed by atoms with Gasteiger partial charge < -0.3 is 9.30 Å². The van der Waals surface area contributed by atoms with E-state index in [4.69, 9.17) is 16.3 Å². The van der Waals surface area contributed by atoms with Crippen LogP contribution in [0.1, 0.15) is 5.56 Å². The number of rotatable bonds is 3. The molecule has 0 bridgehead atoms. The van der Waals surface area contributed by atoms with E-state index in [1.807, 2.05) is 6.07 Å². The monoisotopic (exact) mass is 251 g/mol.